The molecule has 0 aliphatic heterocycles. The molecular weight excluding hydrogens is 342 g/mol. The van der Waals surface area contributed by atoms with Crippen molar-refractivity contribution < 1.29 is 8.42 Å². The quantitative estimate of drug-likeness (QED) is 0.691. The predicted octanol–water partition coefficient (Wildman–Crippen LogP) is 1.79. The molecular formula is C13H22BrN3O2S. The second-order valence-electron chi connectivity index (χ2n) is 4.66. The van der Waals surface area contributed by atoms with Crippen LogP contribution in [-0.2, 0) is 10.0 Å². The predicted molar refractivity (Wildman–Crippen MR) is 86.8 cm³/mol. The van der Waals surface area contributed by atoms with Crippen molar-refractivity contribution in [3.63, 3.8) is 0 Å². The van der Waals surface area contributed by atoms with Gasteiger partial charge in [0.25, 0.3) is 0 Å². The van der Waals surface area contributed by atoms with Crippen LogP contribution >= 0.6 is 15.9 Å². The molecule has 0 bridgehead atoms. The van der Waals surface area contributed by atoms with E-state index in [1.165, 1.54) is 0 Å². The molecule has 1 aromatic carbocycles. The van der Waals surface area contributed by atoms with Crippen LogP contribution in [0.1, 0.15) is 13.3 Å². The standard InChI is InChI=1S/C13H22BrN3O2S/c1-4-7-15-8-9-16-20(18,19)13-10-11(17(2)3)5-6-12(13)14/h5-6,10,15-16H,4,7-9H2,1-3H3. The third-order valence-electron chi connectivity index (χ3n) is 2.74. The third-order valence-corrected chi connectivity index (χ3v) is 5.20. The Morgan fingerprint density at radius 1 is 1.20 bits per heavy atom. The Balaban J connectivity index is 2.78. The number of sulfonamides is 1. The van der Waals surface area contributed by atoms with Crippen molar-refractivity contribution in [3.05, 3.63) is 22.7 Å². The molecule has 0 radical (unpaired) electrons. The molecule has 0 aliphatic carbocycles. The number of anilines is 1. The van der Waals surface area contributed by atoms with Gasteiger partial charge in [-0.05, 0) is 47.1 Å². The summed E-state index contributed by atoms with van der Waals surface area (Å²) in [5.41, 5.74) is 0.845. The molecule has 2 N–H and O–H groups in total. The zero-order valence-corrected chi connectivity index (χ0v) is 14.5. The zero-order valence-electron chi connectivity index (χ0n) is 12.1. The van der Waals surface area contributed by atoms with Gasteiger partial charge >= 0.3 is 0 Å². The van der Waals surface area contributed by atoms with Crippen LogP contribution in [-0.4, -0.2) is 42.1 Å². The molecule has 0 saturated carbocycles. The molecule has 1 aromatic rings. The molecule has 0 aromatic heterocycles. The minimum Gasteiger partial charge on any atom is -0.378 e. The normalized spacial score (nSPS) is 11.6. The summed E-state index contributed by atoms with van der Waals surface area (Å²) in [6.07, 6.45) is 1.03. The highest BCUT2D eigenvalue weighted by Gasteiger charge is 2.18. The first kappa shape index (κ1) is 17.4. The molecule has 0 heterocycles. The number of rotatable bonds is 8. The maximum absolute atomic E-state index is 12.3. The van der Waals surface area contributed by atoms with E-state index >= 15 is 0 Å². The van der Waals surface area contributed by atoms with Gasteiger partial charge in [-0.15, -0.1) is 0 Å². The molecule has 0 spiro atoms. The van der Waals surface area contributed by atoms with Crippen LogP contribution < -0.4 is 14.9 Å². The van der Waals surface area contributed by atoms with Gasteiger partial charge in [-0.1, -0.05) is 6.92 Å². The summed E-state index contributed by atoms with van der Waals surface area (Å²) >= 11 is 3.30. The number of nitrogens with zero attached hydrogens (tertiary/aromatic N) is 1. The lowest BCUT2D eigenvalue weighted by molar-refractivity contribution is 0.575. The summed E-state index contributed by atoms with van der Waals surface area (Å²) in [5.74, 6) is 0. The van der Waals surface area contributed by atoms with Crippen LogP contribution in [0.15, 0.2) is 27.6 Å². The van der Waals surface area contributed by atoms with Gasteiger partial charge in [0.2, 0.25) is 10.0 Å². The van der Waals surface area contributed by atoms with Crippen molar-refractivity contribution in [2.45, 2.75) is 18.2 Å². The molecule has 5 nitrogen and oxygen atoms in total. The lowest BCUT2D eigenvalue weighted by atomic mass is 10.3. The van der Waals surface area contributed by atoms with E-state index in [1.807, 2.05) is 25.1 Å². The minimum atomic E-state index is -3.50. The lowest BCUT2D eigenvalue weighted by Gasteiger charge is -2.15. The summed E-state index contributed by atoms with van der Waals surface area (Å²) in [6.45, 7) is 3.96. The first-order valence-electron chi connectivity index (χ1n) is 6.55. The van der Waals surface area contributed by atoms with Crippen LogP contribution in [0.4, 0.5) is 5.69 Å². The van der Waals surface area contributed by atoms with E-state index in [-0.39, 0.29) is 4.90 Å². The first-order valence-corrected chi connectivity index (χ1v) is 8.83. The van der Waals surface area contributed by atoms with Crippen LogP contribution in [0.5, 0.6) is 0 Å². The Labute approximate surface area is 129 Å². The second-order valence-corrected chi connectivity index (χ2v) is 7.25. The Morgan fingerprint density at radius 3 is 2.50 bits per heavy atom. The van der Waals surface area contributed by atoms with Crippen molar-refractivity contribution in [1.29, 1.82) is 0 Å². The van der Waals surface area contributed by atoms with Crippen LogP contribution in [0.25, 0.3) is 0 Å². The van der Waals surface area contributed by atoms with E-state index in [0.29, 0.717) is 17.6 Å². The van der Waals surface area contributed by atoms with Gasteiger partial charge in [0.1, 0.15) is 0 Å². The third kappa shape index (κ3) is 5.05. The summed E-state index contributed by atoms with van der Waals surface area (Å²) < 4.78 is 27.7. The number of hydrogen-bond donors (Lipinski definition) is 2. The maximum Gasteiger partial charge on any atom is 0.241 e. The Morgan fingerprint density at radius 2 is 1.90 bits per heavy atom. The number of halogens is 1. The van der Waals surface area contributed by atoms with Gasteiger partial charge in [0.05, 0.1) is 4.90 Å². The average Bonchev–Trinajstić information content (AvgIpc) is 2.38. The van der Waals surface area contributed by atoms with Gasteiger partial charge in [-0.3, -0.25) is 0 Å². The van der Waals surface area contributed by atoms with Gasteiger partial charge in [-0.25, -0.2) is 13.1 Å². The highest BCUT2D eigenvalue weighted by molar-refractivity contribution is 9.10. The second kappa shape index (κ2) is 7.97. The van der Waals surface area contributed by atoms with Gasteiger partial charge < -0.3 is 10.2 Å². The maximum atomic E-state index is 12.3. The molecule has 0 amide bonds. The topological polar surface area (TPSA) is 61.4 Å². The van der Waals surface area contributed by atoms with E-state index in [4.69, 9.17) is 0 Å². The molecule has 114 valence electrons. The van der Waals surface area contributed by atoms with Gasteiger partial charge in [0.15, 0.2) is 0 Å². The Kier molecular flexibility index (Phi) is 6.94. The Bertz CT molecular complexity index is 532. The van der Waals surface area contributed by atoms with E-state index in [9.17, 15) is 8.42 Å². The van der Waals surface area contributed by atoms with Crippen molar-refractivity contribution in [2.75, 3.05) is 38.6 Å². The lowest BCUT2D eigenvalue weighted by Crippen LogP contribution is -2.32. The smallest absolute Gasteiger partial charge is 0.241 e. The largest absolute Gasteiger partial charge is 0.378 e. The fourth-order valence-electron chi connectivity index (χ4n) is 1.63. The number of benzene rings is 1. The highest BCUT2D eigenvalue weighted by Crippen LogP contribution is 2.26. The molecule has 0 aliphatic rings. The van der Waals surface area contributed by atoms with Crippen molar-refractivity contribution in [1.82, 2.24) is 10.0 Å². The fraction of sp³-hybridized carbons (Fsp3) is 0.538. The minimum absolute atomic E-state index is 0.263. The van der Waals surface area contributed by atoms with E-state index in [0.717, 1.165) is 18.7 Å². The molecule has 0 unspecified atom stereocenters. The fourth-order valence-corrected chi connectivity index (χ4v) is 3.64. The summed E-state index contributed by atoms with van der Waals surface area (Å²) in [6, 6.07) is 5.27. The van der Waals surface area contributed by atoms with Gasteiger partial charge in [0, 0.05) is 37.3 Å². The number of hydrogen-bond acceptors (Lipinski definition) is 4. The van der Waals surface area contributed by atoms with E-state index < -0.39 is 10.0 Å². The Hall–Kier alpha value is -0.630. The molecule has 1 rings (SSSR count). The SMILES string of the molecule is CCCNCCNS(=O)(=O)c1cc(N(C)C)ccc1Br. The first-order chi connectivity index (χ1) is 9.38. The monoisotopic (exact) mass is 363 g/mol. The summed E-state index contributed by atoms with van der Waals surface area (Å²) in [4.78, 5) is 2.13. The van der Waals surface area contributed by atoms with Crippen molar-refractivity contribution >= 4 is 31.6 Å². The van der Waals surface area contributed by atoms with E-state index in [2.05, 4.69) is 32.9 Å². The van der Waals surface area contributed by atoms with E-state index in [1.54, 1.807) is 12.1 Å². The van der Waals surface area contributed by atoms with Crippen LogP contribution in [0.2, 0.25) is 0 Å². The number of nitrogens with one attached hydrogen (secondary N) is 2. The average molecular weight is 364 g/mol. The summed E-state index contributed by atoms with van der Waals surface area (Å²) in [7, 11) is 0.256. The van der Waals surface area contributed by atoms with Gasteiger partial charge in [-0.2, -0.15) is 0 Å². The molecule has 7 heteroatoms. The zero-order chi connectivity index (χ0) is 15.2. The summed E-state index contributed by atoms with van der Waals surface area (Å²) in [5, 5.41) is 3.16. The molecule has 0 fully saturated rings. The van der Waals surface area contributed by atoms with Crippen LogP contribution in [0.3, 0.4) is 0 Å². The molecule has 20 heavy (non-hydrogen) atoms. The van der Waals surface area contributed by atoms with Crippen LogP contribution in [0, 0.1) is 0 Å². The molecule has 0 saturated heterocycles. The molecule has 0 atom stereocenters. The highest BCUT2D eigenvalue weighted by atomic mass is 79.9. The van der Waals surface area contributed by atoms with Crippen molar-refractivity contribution in [2.24, 2.45) is 0 Å². The van der Waals surface area contributed by atoms with Crippen molar-refractivity contribution in [3.8, 4) is 0 Å².